The van der Waals surface area contributed by atoms with Gasteiger partial charge in [-0.2, -0.15) is 6.67 Å². The summed E-state index contributed by atoms with van der Waals surface area (Å²) in [6.45, 7) is 2.00. The van der Waals surface area contributed by atoms with Gasteiger partial charge in [0.25, 0.3) is 0 Å². The fraction of sp³-hybridized carbons (Fsp3) is 0.400. The zero-order chi connectivity index (χ0) is 5.28. The Kier molecular flexibility index (Phi) is 3.21. The number of nitrogens with zero attached hydrogens (tertiary/aromatic N) is 2. The molecule has 8 heavy (non-hydrogen) atoms. The van der Waals surface area contributed by atoms with Crippen LogP contribution in [0.15, 0.2) is 12.4 Å². The van der Waals surface area contributed by atoms with E-state index in [1.165, 1.54) is 0 Å². The summed E-state index contributed by atoms with van der Waals surface area (Å²) in [6, 6.07) is 0. The van der Waals surface area contributed by atoms with Crippen molar-refractivity contribution < 1.29 is 22.4 Å². The van der Waals surface area contributed by atoms with Crippen LogP contribution in [0.2, 0.25) is 0 Å². The summed E-state index contributed by atoms with van der Waals surface area (Å²) in [7, 11) is 4.00. The third kappa shape index (κ3) is 1.90. The molecule has 2 nitrogen and oxygen atoms in total. The van der Waals surface area contributed by atoms with Crippen LogP contribution >= 0.6 is 0 Å². The molecule has 0 unspecified atom stereocenters. The molecular weight excluding hydrogens is 196 g/mol. The largest absolute Gasteiger partial charge is 1.00 e. The molecule has 0 aromatic rings. The predicted octanol–water partition coefficient (Wildman–Crippen LogP) is 0.452. The van der Waals surface area contributed by atoms with E-state index in [0.717, 1.165) is 0 Å². The van der Waals surface area contributed by atoms with E-state index in [1.54, 1.807) is 0 Å². The molecule has 0 saturated carbocycles. The topological polar surface area (TPSA) is 6.48 Å². The summed E-state index contributed by atoms with van der Waals surface area (Å²) in [5.74, 6) is 0. The normalized spacial score (nSPS) is 16.8. The van der Waals surface area contributed by atoms with Crippen LogP contribution in [-0.2, 0) is 22.4 Å². The van der Waals surface area contributed by atoms with E-state index >= 15 is 0 Å². The second kappa shape index (κ2) is 3.17. The molecular formula is C5H9AgN2. The van der Waals surface area contributed by atoms with Crippen LogP contribution in [0.5, 0.6) is 0 Å². The van der Waals surface area contributed by atoms with Gasteiger partial charge in [-0.25, -0.2) is 0 Å². The van der Waals surface area contributed by atoms with E-state index in [-0.39, 0.29) is 22.4 Å². The van der Waals surface area contributed by atoms with Crippen molar-refractivity contribution in [1.82, 2.24) is 9.80 Å². The van der Waals surface area contributed by atoms with Gasteiger partial charge in [-0.15, -0.1) is 0 Å². The van der Waals surface area contributed by atoms with Gasteiger partial charge < -0.3 is 9.80 Å². The van der Waals surface area contributed by atoms with Crippen LogP contribution in [0.3, 0.4) is 0 Å². The van der Waals surface area contributed by atoms with Crippen molar-refractivity contribution >= 4 is 0 Å². The average molecular weight is 205 g/mol. The van der Waals surface area contributed by atoms with E-state index in [1.807, 2.05) is 43.0 Å². The molecule has 1 rings (SSSR count). The summed E-state index contributed by atoms with van der Waals surface area (Å²) in [4.78, 5) is 4.00. The fourth-order valence-corrected chi connectivity index (χ4v) is 0.575. The van der Waals surface area contributed by atoms with E-state index in [2.05, 4.69) is 0 Å². The zero-order valence-electron chi connectivity index (χ0n) is 4.93. The smallest absolute Gasteiger partial charge is 0.511 e. The van der Waals surface area contributed by atoms with Crippen LogP contribution < -0.4 is 0 Å². The van der Waals surface area contributed by atoms with Crippen molar-refractivity contribution in [3.8, 4) is 0 Å². The number of rotatable bonds is 0. The van der Waals surface area contributed by atoms with Crippen LogP contribution in [0.1, 0.15) is 0 Å². The average Bonchev–Trinajstić information content (AvgIpc) is 1.87. The van der Waals surface area contributed by atoms with E-state index in [9.17, 15) is 0 Å². The van der Waals surface area contributed by atoms with Crippen LogP contribution in [0, 0.1) is 6.67 Å². The van der Waals surface area contributed by atoms with Crippen molar-refractivity contribution in [1.29, 1.82) is 0 Å². The second-order valence-corrected chi connectivity index (χ2v) is 1.74. The molecule has 1 aliphatic rings. The van der Waals surface area contributed by atoms with E-state index in [0.29, 0.717) is 0 Å². The van der Waals surface area contributed by atoms with Crippen LogP contribution in [-0.4, -0.2) is 23.9 Å². The van der Waals surface area contributed by atoms with Gasteiger partial charge in [-0.05, 0) is 26.5 Å². The van der Waals surface area contributed by atoms with Crippen LogP contribution in [0.4, 0.5) is 0 Å². The molecule has 1 heterocycles. The van der Waals surface area contributed by atoms with Gasteiger partial charge in [0.15, 0.2) is 0 Å². The molecule has 0 N–H and O–H groups in total. The summed E-state index contributed by atoms with van der Waals surface area (Å²) in [6.07, 6.45) is 4.00. The first-order valence-corrected chi connectivity index (χ1v) is 2.26. The fourth-order valence-electron chi connectivity index (χ4n) is 0.575. The quantitative estimate of drug-likeness (QED) is 0.418. The first-order valence-electron chi connectivity index (χ1n) is 2.26. The molecule has 0 bridgehead atoms. The summed E-state index contributed by atoms with van der Waals surface area (Å²) >= 11 is 0. The SMILES string of the molecule is CN1C=CN(C)[CH-]1.[Ag+]. The summed E-state index contributed by atoms with van der Waals surface area (Å²) < 4.78 is 0. The minimum absolute atomic E-state index is 0. The van der Waals surface area contributed by atoms with Gasteiger partial charge in [-0.1, -0.05) is 0 Å². The minimum atomic E-state index is 0. The standard InChI is InChI=1S/C5H9N2.Ag/c1-6-3-4-7(2)5-6;/h3-5H,1-2H3;/q-1;+1. The summed E-state index contributed by atoms with van der Waals surface area (Å²) in [5, 5.41) is 0. The molecule has 0 aliphatic carbocycles. The van der Waals surface area contributed by atoms with Crippen molar-refractivity contribution in [2.24, 2.45) is 0 Å². The Hall–Kier alpha value is 0.0803. The Morgan fingerprint density at radius 3 is 1.62 bits per heavy atom. The van der Waals surface area contributed by atoms with Crippen molar-refractivity contribution in [3.63, 3.8) is 0 Å². The van der Waals surface area contributed by atoms with E-state index in [4.69, 9.17) is 0 Å². The molecule has 0 atom stereocenters. The molecule has 0 saturated heterocycles. The third-order valence-electron chi connectivity index (χ3n) is 0.901. The first kappa shape index (κ1) is 8.08. The Labute approximate surface area is 65.7 Å². The van der Waals surface area contributed by atoms with Gasteiger partial charge in [-0.3, -0.25) is 0 Å². The maximum absolute atomic E-state index is 2.00. The number of hydrogen-bond donors (Lipinski definition) is 0. The second-order valence-electron chi connectivity index (χ2n) is 1.74. The minimum Gasteiger partial charge on any atom is -0.511 e. The third-order valence-corrected chi connectivity index (χ3v) is 0.901. The molecule has 0 spiro atoms. The Morgan fingerprint density at radius 1 is 1.12 bits per heavy atom. The first-order chi connectivity index (χ1) is 3.29. The molecule has 0 amide bonds. The van der Waals surface area contributed by atoms with Gasteiger partial charge in [0, 0.05) is 0 Å². The van der Waals surface area contributed by atoms with Gasteiger partial charge in [0.1, 0.15) is 0 Å². The van der Waals surface area contributed by atoms with Gasteiger partial charge >= 0.3 is 22.4 Å². The van der Waals surface area contributed by atoms with Crippen molar-refractivity contribution in [2.45, 2.75) is 0 Å². The van der Waals surface area contributed by atoms with Crippen molar-refractivity contribution in [3.05, 3.63) is 19.1 Å². The Balaban J connectivity index is 0.000000490. The summed E-state index contributed by atoms with van der Waals surface area (Å²) in [5.41, 5.74) is 0. The van der Waals surface area contributed by atoms with E-state index < -0.39 is 0 Å². The molecule has 1 aliphatic heterocycles. The predicted molar refractivity (Wildman–Crippen MR) is 29.0 cm³/mol. The Morgan fingerprint density at radius 2 is 1.50 bits per heavy atom. The molecule has 0 fully saturated rings. The number of hydrogen-bond acceptors (Lipinski definition) is 2. The maximum atomic E-state index is 2.00. The van der Waals surface area contributed by atoms with Gasteiger partial charge in [0.2, 0.25) is 0 Å². The molecule has 50 valence electrons. The monoisotopic (exact) mass is 204 g/mol. The molecule has 3 heteroatoms. The molecule has 0 aromatic heterocycles. The van der Waals surface area contributed by atoms with Gasteiger partial charge in [0.05, 0.1) is 0 Å². The Bertz CT molecular complexity index is 82.4. The zero-order valence-corrected chi connectivity index (χ0v) is 6.41. The van der Waals surface area contributed by atoms with Crippen LogP contribution in [0.25, 0.3) is 0 Å². The molecule has 0 radical (unpaired) electrons. The van der Waals surface area contributed by atoms with Crippen molar-refractivity contribution in [2.75, 3.05) is 14.1 Å². The maximum Gasteiger partial charge on any atom is 1.00 e. The molecule has 0 aromatic carbocycles.